The zero-order chi connectivity index (χ0) is 61.2. The topological polar surface area (TPSA) is 122 Å². The Bertz CT molecular complexity index is 5160. The number of aromatic nitrogens is 2. The van der Waals surface area contributed by atoms with Gasteiger partial charge in [0.05, 0.1) is 83.5 Å². The molecule has 12 rings (SSSR count). The molecule has 16 heteroatoms. The maximum absolute atomic E-state index is 15.7. The zero-order valence-electron chi connectivity index (χ0n) is 45.0. The maximum Gasteiger partial charge on any atom is 0.417 e. The summed E-state index contributed by atoms with van der Waals surface area (Å²) < 4.78 is 94.1. The molecule has 0 saturated heterocycles. The number of aryl methyl sites for hydroxylation is 1. The third-order valence-electron chi connectivity index (χ3n) is 15.3. The van der Waals surface area contributed by atoms with E-state index in [0.29, 0.717) is 71.5 Å². The van der Waals surface area contributed by atoms with Crippen LogP contribution in [0.15, 0.2) is 176 Å². The molecule has 0 spiro atoms. The predicted molar refractivity (Wildman–Crippen MR) is 321 cm³/mol. The largest absolute Gasteiger partial charge is 0.417 e. The highest BCUT2D eigenvalue weighted by atomic mass is 19.4. The van der Waals surface area contributed by atoms with Crippen molar-refractivity contribution in [3.8, 4) is 91.3 Å². The Balaban J connectivity index is 1.28. The minimum atomic E-state index is -4.93. The van der Waals surface area contributed by atoms with Crippen molar-refractivity contribution in [1.29, 1.82) is 21.0 Å². The summed E-state index contributed by atoms with van der Waals surface area (Å²) in [6.45, 7) is 32.8. The van der Waals surface area contributed by atoms with Crippen molar-refractivity contribution >= 4 is 66.4 Å². The van der Waals surface area contributed by atoms with Crippen molar-refractivity contribution in [3.63, 3.8) is 0 Å². The van der Waals surface area contributed by atoms with Gasteiger partial charge in [0.25, 0.3) is 0 Å². The van der Waals surface area contributed by atoms with Gasteiger partial charge < -0.3 is 9.13 Å². The zero-order valence-corrected chi connectivity index (χ0v) is 45.0. The van der Waals surface area contributed by atoms with Crippen LogP contribution in [0.2, 0.25) is 0 Å². The third-order valence-corrected chi connectivity index (χ3v) is 15.3. The molecule has 0 fully saturated rings. The Hall–Kier alpha value is -12.7. The third kappa shape index (κ3) is 9.57. The number of benzene rings is 10. The van der Waals surface area contributed by atoms with E-state index in [2.05, 4.69) is 43.7 Å². The molecule has 0 amide bonds. The summed E-state index contributed by atoms with van der Waals surface area (Å²) in [5, 5.41) is 44.5. The Kier molecular flexibility index (Phi) is 13.2. The average Bonchev–Trinajstić information content (AvgIpc) is 1.71. The number of alkyl halides is 6. The van der Waals surface area contributed by atoms with Crippen LogP contribution >= 0.6 is 0 Å². The van der Waals surface area contributed by atoms with Crippen LogP contribution in [0.3, 0.4) is 0 Å². The van der Waals surface area contributed by atoms with E-state index in [1.807, 2.05) is 12.1 Å². The normalized spacial score (nSPS) is 11.3. The molecule has 0 radical (unpaired) electrons. The molecule has 2 aromatic heterocycles. The second-order valence-corrected chi connectivity index (χ2v) is 20.4. The molecule has 0 N–H and O–H groups in total. The summed E-state index contributed by atoms with van der Waals surface area (Å²) in [6.07, 6.45) is -9.77. The first-order valence-electron chi connectivity index (χ1n) is 26.2. The fourth-order valence-corrected chi connectivity index (χ4v) is 11.5. The van der Waals surface area contributed by atoms with Gasteiger partial charge in [-0.15, -0.1) is 0 Å². The van der Waals surface area contributed by atoms with Gasteiger partial charge in [-0.3, -0.25) is 0 Å². The van der Waals surface area contributed by atoms with E-state index in [0.717, 1.165) is 18.2 Å². The number of hydrogen-bond donors (Lipinski definition) is 0. The van der Waals surface area contributed by atoms with Crippen molar-refractivity contribution in [2.45, 2.75) is 19.3 Å². The summed E-state index contributed by atoms with van der Waals surface area (Å²) in [7, 11) is 0. The van der Waals surface area contributed by atoms with E-state index >= 15 is 13.2 Å². The van der Waals surface area contributed by atoms with E-state index in [4.69, 9.17) is 26.3 Å². The van der Waals surface area contributed by atoms with E-state index < -0.39 is 23.5 Å². The highest BCUT2D eigenvalue weighted by Crippen LogP contribution is 2.47. The van der Waals surface area contributed by atoms with Crippen LogP contribution in [0.5, 0.6) is 0 Å². The molecule has 408 valence electrons. The van der Waals surface area contributed by atoms with Gasteiger partial charge >= 0.3 is 12.4 Å². The molecular weight excluding hydrogens is 1110 g/mol. The molecule has 0 aliphatic rings. The van der Waals surface area contributed by atoms with Gasteiger partial charge in [-0.2, -0.15) is 47.4 Å². The van der Waals surface area contributed by atoms with Crippen LogP contribution < -0.4 is 0 Å². The molecule has 12 aromatic rings. The predicted octanol–water partition coefficient (Wildman–Crippen LogP) is 20.3. The molecule has 2 heterocycles. The van der Waals surface area contributed by atoms with Crippen LogP contribution in [0.4, 0.5) is 49.1 Å². The van der Waals surface area contributed by atoms with Crippen molar-refractivity contribution < 1.29 is 26.3 Å². The van der Waals surface area contributed by atoms with Crippen molar-refractivity contribution in [2.75, 3.05) is 0 Å². The van der Waals surface area contributed by atoms with Crippen LogP contribution in [0.1, 0.15) is 38.9 Å². The van der Waals surface area contributed by atoms with Crippen molar-refractivity contribution in [3.05, 3.63) is 261 Å². The van der Waals surface area contributed by atoms with Gasteiger partial charge in [0.15, 0.2) is 22.7 Å². The SMILES string of the molecule is [C-]#[N+]c1cc(C#N)cc(-c2ccc3c4ccc(-c5cc(C#N)cc([N+]#[C-])c5)cc4n(-c4cc(-c5c(C)cccc5C(F)(F)F)cc(-n5c6cc(-c7cc(C#N)cc([N+]#[C-])c7)ccc6c6ccc(-c7cc([N+]#[C-])cc(C(F)(F)F)c7)cc65)c4C#N)c3c2)c1. The Morgan fingerprint density at radius 1 is 0.368 bits per heavy atom. The molecule has 0 unspecified atom stereocenters. The monoisotopic (exact) mass is 1140 g/mol. The van der Waals surface area contributed by atoms with Crippen LogP contribution in [-0.4, -0.2) is 9.13 Å². The molecular formula is C71H32F6N10. The summed E-state index contributed by atoms with van der Waals surface area (Å²) in [4.78, 5) is 14.1. The minimum Gasteiger partial charge on any atom is -0.308 e. The Labute approximate surface area is 491 Å². The smallest absolute Gasteiger partial charge is 0.308 e. The molecule has 0 bridgehead atoms. The first-order valence-corrected chi connectivity index (χ1v) is 26.2. The van der Waals surface area contributed by atoms with Crippen LogP contribution in [0, 0.1) is 78.5 Å². The molecule has 0 aliphatic carbocycles. The molecule has 0 saturated carbocycles. The van der Waals surface area contributed by atoms with Crippen molar-refractivity contribution in [1.82, 2.24) is 9.13 Å². The number of halogens is 6. The lowest BCUT2D eigenvalue weighted by Gasteiger charge is -2.21. The van der Waals surface area contributed by atoms with Gasteiger partial charge in [0.2, 0.25) is 0 Å². The van der Waals surface area contributed by atoms with E-state index in [1.54, 1.807) is 106 Å². The lowest BCUT2D eigenvalue weighted by atomic mass is 9.92. The molecule has 87 heavy (non-hydrogen) atoms. The summed E-state index contributed by atoms with van der Waals surface area (Å²) in [5.41, 5.74) is 3.27. The number of hydrogen-bond acceptors (Lipinski definition) is 4. The van der Waals surface area contributed by atoms with E-state index in [9.17, 15) is 34.2 Å². The second-order valence-electron chi connectivity index (χ2n) is 20.4. The fourth-order valence-electron chi connectivity index (χ4n) is 11.5. The van der Waals surface area contributed by atoms with E-state index in [-0.39, 0.29) is 89.7 Å². The lowest BCUT2D eigenvalue weighted by molar-refractivity contribution is -0.138. The lowest BCUT2D eigenvalue weighted by Crippen LogP contribution is -2.10. The van der Waals surface area contributed by atoms with Crippen molar-refractivity contribution in [2.24, 2.45) is 0 Å². The highest BCUT2D eigenvalue weighted by molar-refractivity contribution is 6.13. The summed E-state index contributed by atoms with van der Waals surface area (Å²) in [6, 6.07) is 53.3. The first-order chi connectivity index (χ1) is 41.9. The maximum atomic E-state index is 15.7. The minimum absolute atomic E-state index is 0.0103. The van der Waals surface area contributed by atoms with Gasteiger partial charge in [-0.25, -0.2) is 19.4 Å². The van der Waals surface area contributed by atoms with E-state index in [1.165, 1.54) is 55.5 Å². The standard InChI is InChI=1S/C71H32F6N10/c1-39-7-6-8-62(71(75,76)77)69(39)51-32-67(86-63-28-43(47-17-40(35-78)20-53(24-47)82-2)9-13-57(63)58-14-10-44(29-64(58)86)48-18-41(36-79)21-54(25-48)83-3)61(38-81)68(33-51)87-65-30-45(49-19-42(37-80)22-55(26-49)84-4)11-15-59(65)60-16-12-46(31-66(60)87)50-23-52(70(72,73)74)34-56(27-50)85-5/h6-34H,1H3. The van der Waals surface area contributed by atoms with Gasteiger partial charge in [-0.05, 0) is 183 Å². The fraction of sp³-hybridized carbons (Fsp3) is 0.0423. The number of nitriles is 4. The second kappa shape index (κ2) is 20.9. The average molecular weight is 1140 g/mol. The number of fused-ring (bicyclic) bond motifs is 6. The quantitative estimate of drug-likeness (QED) is 0.116. The molecule has 0 aliphatic heterocycles. The van der Waals surface area contributed by atoms with Gasteiger partial charge in [-0.1, -0.05) is 60.7 Å². The summed E-state index contributed by atoms with van der Waals surface area (Å²) >= 11 is 0. The highest BCUT2D eigenvalue weighted by Gasteiger charge is 2.36. The Morgan fingerprint density at radius 3 is 1.05 bits per heavy atom. The summed E-state index contributed by atoms with van der Waals surface area (Å²) in [5.74, 6) is 0. The van der Waals surface area contributed by atoms with Crippen LogP contribution in [0.25, 0.3) is 130 Å². The molecule has 0 atom stereocenters. The number of rotatable bonds is 7. The van der Waals surface area contributed by atoms with Gasteiger partial charge in [0.1, 0.15) is 11.6 Å². The van der Waals surface area contributed by atoms with Gasteiger partial charge in [0, 0.05) is 43.8 Å². The molecule has 10 aromatic carbocycles. The number of nitrogens with zero attached hydrogens (tertiary/aromatic N) is 10. The molecule has 10 nitrogen and oxygen atoms in total. The first kappa shape index (κ1) is 54.9. The Morgan fingerprint density at radius 2 is 0.724 bits per heavy atom. The van der Waals surface area contributed by atoms with Crippen LogP contribution in [-0.2, 0) is 12.4 Å².